The number of rotatable bonds is 4. The molecule has 0 aromatic heterocycles. The van der Waals surface area contributed by atoms with Crippen molar-refractivity contribution in [2.24, 2.45) is 17.6 Å². The summed E-state index contributed by atoms with van der Waals surface area (Å²) in [6.45, 7) is 4.64. The van der Waals surface area contributed by atoms with E-state index in [2.05, 4.69) is 13.8 Å². The number of hydrogen-bond donors (Lipinski definition) is 1. The summed E-state index contributed by atoms with van der Waals surface area (Å²) >= 11 is 0. The Morgan fingerprint density at radius 1 is 1.38 bits per heavy atom. The van der Waals surface area contributed by atoms with Crippen LogP contribution >= 0.6 is 0 Å². The van der Waals surface area contributed by atoms with Crippen molar-refractivity contribution < 1.29 is 13.2 Å². The Balaban J connectivity index is 2.58. The normalized spacial score (nSPS) is 25.3. The molecule has 0 saturated carbocycles. The highest BCUT2D eigenvalue weighted by Crippen LogP contribution is 2.30. The van der Waals surface area contributed by atoms with E-state index in [4.69, 9.17) is 5.73 Å². The second-order valence-corrected chi connectivity index (χ2v) is 4.92. The molecule has 0 bridgehead atoms. The van der Waals surface area contributed by atoms with Crippen LogP contribution in [0.2, 0.25) is 0 Å². The SMILES string of the molecule is CC(C)C1CCCN1CC(CN)C(F)(F)F. The van der Waals surface area contributed by atoms with E-state index in [0.29, 0.717) is 5.92 Å². The molecule has 0 spiro atoms. The van der Waals surface area contributed by atoms with E-state index in [1.807, 2.05) is 4.90 Å². The summed E-state index contributed by atoms with van der Waals surface area (Å²) in [4.78, 5) is 1.95. The monoisotopic (exact) mass is 238 g/mol. The average Bonchev–Trinajstić information content (AvgIpc) is 2.59. The maximum absolute atomic E-state index is 12.6. The number of hydrogen-bond acceptors (Lipinski definition) is 2. The van der Waals surface area contributed by atoms with Gasteiger partial charge in [0.15, 0.2) is 0 Å². The van der Waals surface area contributed by atoms with Crippen molar-refractivity contribution in [3.05, 3.63) is 0 Å². The summed E-state index contributed by atoms with van der Waals surface area (Å²) < 4.78 is 37.8. The molecular formula is C11H21F3N2. The van der Waals surface area contributed by atoms with E-state index in [-0.39, 0.29) is 19.1 Å². The van der Waals surface area contributed by atoms with Crippen LogP contribution in [0.4, 0.5) is 13.2 Å². The van der Waals surface area contributed by atoms with E-state index < -0.39 is 12.1 Å². The maximum Gasteiger partial charge on any atom is 0.394 e. The molecule has 1 fully saturated rings. The zero-order valence-corrected chi connectivity index (χ0v) is 9.93. The predicted molar refractivity (Wildman–Crippen MR) is 58.0 cm³/mol. The molecule has 0 aromatic carbocycles. The number of nitrogens with two attached hydrogens (primary N) is 1. The molecular weight excluding hydrogens is 217 g/mol. The Kier molecular flexibility index (Phi) is 4.62. The zero-order chi connectivity index (χ0) is 12.3. The van der Waals surface area contributed by atoms with Crippen molar-refractivity contribution in [3.63, 3.8) is 0 Å². The lowest BCUT2D eigenvalue weighted by atomic mass is 10.0. The molecule has 0 aliphatic carbocycles. The second-order valence-electron chi connectivity index (χ2n) is 4.92. The molecule has 0 amide bonds. The minimum atomic E-state index is -4.17. The molecule has 2 atom stereocenters. The van der Waals surface area contributed by atoms with Gasteiger partial charge in [-0.15, -0.1) is 0 Å². The Morgan fingerprint density at radius 2 is 2.00 bits per heavy atom. The van der Waals surface area contributed by atoms with Gasteiger partial charge >= 0.3 is 6.18 Å². The van der Waals surface area contributed by atoms with Crippen molar-refractivity contribution in [1.82, 2.24) is 4.90 Å². The molecule has 0 aromatic rings. The van der Waals surface area contributed by atoms with Crippen molar-refractivity contribution in [2.45, 2.75) is 38.9 Å². The van der Waals surface area contributed by atoms with Gasteiger partial charge in [-0.1, -0.05) is 13.8 Å². The Labute approximate surface area is 95.0 Å². The number of alkyl halides is 3. The van der Waals surface area contributed by atoms with Gasteiger partial charge in [0, 0.05) is 19.1 Å². The third kappa shape index (κ3) is 3.35. The van der Waals surface area contributed by atoms with Gasteiger partial charge in [-0.25, -0.2) is 0 Å². The fourth-order valence-electron chi connectivity index (χ4n) is 2.43. The van der Waals surface area contributed by atoms with Crippen molar-refractivity contribution in [3.8, 4) is 0 Å². The van der Waals surface area contributed by atoms with Crippen LogP contribution in [-0.4, -0.2) is 36.8 Å². The molecule has 1 aliphatic heterocycles. The van der Waals surface area contributed by atoms with Crippen LogP contribution in [0.5, 0.6) is 0 Å². The van der Waals surface area contributed by atoms with E-state index in [1.165, 1.54) is 0 Å². The summed E-state index contributed by atoms with van der Waals surface area (Å²) in [7, 11) is 0. The highest BCUT2D eigenvalue weighted by atomic mass is 19.4. The molecule has 96 valence electrons. The second kappa shape index (κ2) is 5.36. The summed E-state index contributed by atoms with van der Waals surface area (Å²) in [5.41, 5.74) is 5.21. The van der Waals surface area contributed by atoms with Gasteiger partial charge < -0.3 is 5.73 Å². The molecule has 2 unspecified atom stereocenters. The third-order valence-corrected chi connectivity index (χ3v) is 3.39. The summed E-state index contributed by atoms with van der Waals surface area (Å²) in [6.07, 6.45) is -2.16. The lowest BCUT2D eigenvalue weighted by Crippen LogP contribution is -2.44. The van der Waals surface area contributed by atoms with Crippen molar-refractivity contribution >= 4 is 0 Å². The van der Waals surface area contributed by atoms with Gasteiger partial charge in [0.05, 0.1) is 5.92 Å². The fraction of sp³-hybridized carbons (Fsp3) is 1.00. The number of halogens is 3. The zero-order valence-electron chi connectivity index (χ0n) is 9.93. The molecule has 1 heterocycles. The third-order valence-electron chi connectivity index (χ3n) is 3.39. The minimum Gasteiger partial charge on any atom is -0.330 e. The average molecular weight is 238 g/mol. The van der Waals surface area contributed by atoms with E-state index in [0.717, 1.165) is 19.4 Å². The highest BCUT2D eigenvalue weighted by Gasteiger charge is 2.41. The largest absolute Gasteiger partial charge is 0.394 e. The van der Waals surface area contributed by atoms with Crippen LogP contribution in [0.3, 0.4) is 0 Å². The summed E-state index contributed by atoms with van der Waals surface area (Å²) in [5, 5.41) is 0. The van der Waals surface area contributed by atoms with Crippen LogP contribution in [0.25, 0.3) is 0 Å². The first-order valence-electron chi connectivity index (χ1n) is 5.87. The van der Waals surface area contributed by atoms with Gasteiger partial charge in [0.25, 0.3) is 0 Å². The fourth-order valence-corrected chi connectivity index (χ4v) is 2.43. The lowest BCUT2D eigenvalue weighted by Gasteiger charge is -2.31. The van der Waals surface area contributed by atoms with Gasteiger partial charge in [-0.05, 0) is 25.3 Å². The molecule has 0 radical (unpaired) electrons. The Morgan fingerprint density at radius 3 is 2.44 bits per heavy atom. The molecule has 1 aliphatic rings. The van der Waals surface area contributed by atoms with Gasteiger partial charge in [0.1, 0.15) is 0 Å². The van der Waals surface area contributed by atoms with Gasteiger partial charge in [-0.3, -0.25) is 4.90 Å². The van der Waals surface area contributed by atoms with Gasteiger partial charge in [-0.2, -0.15) is 13.2 Å². The van der Waals surface area contributed by atoms with Gasteiger partial charge in [0.2, 0.25) is 0 Å². The van der Waals surface area contributed by atoms with E-state index >= 15 is 0 Å². The van der Waals surface area contributed by atoms with Crippen LogP contribution in [0, 0.1) is 11.8 Å². The first-order chi connectivity index (χ1) is 7.36. The molecule has 16 heavy (non-hydrogen) atoms. The van der Waals surface area contributed by atoms with E-state index in [9.17, 15) is 13.2 Å². The van der Waals surface area contributed by atoms with Crippen LogP contribution in [-0.2, 0) is 0 Å². The topological polar surface area (TPSA) is 29.3 Å². The van der Waals surface area contributed by atoms with Crippen LogP contribution in [0.15, 0.2) is 0 Å². The minimum absolute atomic E-state index is 0.0584. The lowest BCUT2D eigenvalue weighted by molar-refractivity contribution is -0.177. The molecule has 1 rings (SSSR count). The predicted octanol–water partition coefficient (Wildman–Crippen LogP) is 2.24. The van der Waals surface area contributed by atoms with E-state index in [1.54, 1.807) is 0 Å². The quantitative estimate of drug-likeness (QED) is 0.814. The standard InChI is InChI=1S/C11H21F3N2/c1-8(2)10-4-3-5-16(10)7-9(6-15)11(12,13)14/h8-10H,3-7,15H2,1-2H3. The molecule has 5 heteroatoms. The highest BCUT2D eigenvalue weighted by molar-refractivity contribution is 4.84. The molecule has 2 nitrogen and oxygen atoms in total. The maximum atomic E-state index is 12.6. The van der Waals surface area contributed by atoms with Crippen molar-refractivity contribution in [2.75, 3.05) is 19.6 Å². The molecule has 2 N–H and O–H groups in total. The van der Waals surface area contributed by atoms with Crippen LogP contribution in [0.1, 0.15) is 26.7 Å². The first kappa shape index (κ1) is 13.8. The van der Waals surface area contributed by atoms with Crippen molar-refractivity contribution in [1.29, 1.82) is 0 Å². The number of nitrogens with zero attached hydrogens (tertiary/aromatic N) is 1. The summed E-state index contributed by atoms with van der Waals surface area (Å²) in [6, 6.07) is 0.288. The summed E-state index contributed by atoms with van der Waals surface area (Å²) in [5.74, 6) is -0.971. The van der Waals surface area contributed by atoms with Crippen LogP contribution < -0.4 is 5.73 Å². The number of likely N-dealkylation sites (tertiary alicyclic amines) is 1. The smallest absolute Gasteiger partial charge is 0.330 e. The molecule has 1 saturated heterocycles. The Bertz CT molecular complexity index is 216. The first-order valence-corrected chi connectivity index (χ1v) is 5.87. The Hall–Kier alpha value is -0.290.